The average Bonchev–Trinajstić information content (AvgIpc) is 2.47. The highest BCUT2D eigenvalue weighted by Crippen LogP contribution is 2.39. The molecule has 0 radical (unpaired) electrons. The van der Waals surface area contributed by atoms with Gasteiger partial charge in [0.05, 0.1) is 6.54 Å². The van der Waals surface area contributed by atoms with Crippen molar-refractivity contribution in [3.05, 3.63) is 0 Å². The fraction of sp³-hybridized carbons (Fsp3) is 0.818. The van der Waals surface area contributed by atoms with Gasteiger partial charge in [-0.15, -0.1) is 0 Å². The molecule has 1 heterocycles. The number of carbonyl (C=O) groups is 2. The van der Waals surface area contributed by atoms with Gasteiger partial charge in [0, 0.05) is 6.04 Å². The number of carbonyl (C=O) groups excluding carboxylic acids is 2. The van der Waals surface area contributed by atoms with E-state index in [1.807, 2.05) is 0 Å². The fourth-order valence-electron chi connectivity index (χ4n) is 2.70. The summed E-state index contributed by atoms with van der Waals surface area (Å²) < 4.78 is 0. The monoisotopic (exact) mass is 210 g/mol. The molecule has 1 aliphatic carbocycles. The molecule has 4 nitrogen and oxygen atoms in total. The van der Waals surface area contributed by atoms with Gasteiger partial charge in [-0.2, -0.15) is 0 Å². The maximum atomic E-state index is 11.6. The normalized spacial score (nSPS) is 30.5. The van der Waals surface area contributed by atoms with E-state index in [0.717, 1.165) is 19.3 Å². The van der Waals surface area contributed by atoms with Crippen LogP contribution < -0.4 is 5.32 Å². The number of amides is 3. The predicted molar refractivity (Wildman–Crippen MR) is 56.3 cm³/mol. The molecule has 0 aromatic heterocycles. The fourth-order valence-corrected chi connectivity index (χ4v) is 2.70. The van der Waals surface area contributed by atoms with Crippen LogP contribution in [0.4, 0.5) is 4.79 Å². The third-order valence-corrected chi connectivity index (χ3v) is 3.64. The second kappa shape index (κ2) is 3.51. The van der Waals surface area contributed by atoms with Crippen molar-refractivity contribution in [2.24, 2.45) is 5.41 Å². The molecule has 3 amide bonds. The van der Waals surface area contributed by atoms with Crippen molar-refractivity contribution in [2.45, 2.75) is 45.6 Å². The molecule has 1 saturated carbocycles. The Balaban J connectivity index is 2.21. The summed E-state index contributed by atoms with van der Waals surface area (Å²) in [6, 6.07) is -0.124. The minimum Gasteiger partial charge on any atom is -0.329 e. The van der Waals surface area contributed by atoms with Gasteiger partial charge >= 0.3 is 6.03 Å². The van der Waals surface area contributed by atoms with Gasteiger partial charge in [0.2, 0.25) is 5.91 Å². The van der Waals surface area contributed by atoms with E-state index in [0.29, 0.717) is 0 Å². The van der Waals surface area contributed by atoms with Gasteiger partial charge in [-0.05, 0) is 18.3 Å². The minimum absolute atomic E-state index is 0.0651. The Morgan fingerprint density at radius 2 is 2.07 bits per heavy atom. The Morgan fingerprint density at radius 3 is 2.60 bits per heavy atom. The number of rotatable bonds is 1. The minimum atomic E-state index is -0.208. The number of hydrogen-bond acceptors (Lipinski definition) is 2. The largest absolute Gasteiger partial charge is 0.329 e. The zero-order valence-corrected chi connectivity index (χ0v) is 9.38. The summed E-state index contributed by atoms with van der Waals surface area (Å²) in [5.41, 5.74) is 0.0651. The molecular formula is C11H18N2O2. The molecule has 1 unspecified atom stereocenters. The van der Waals surface area contributed by atoms with Crippen LogP contribution in [0.1, 0.15) is 39.5 Å². The van der Waals surface area contributed by atoms with Crippen molar-refractivity contribution in [1.82, 2.24) is 10.2 Å². The Bertz CT molecular complexity index is 283. The molecule has 1 N–H and O–H groups in total. The molecule has 15 heavy (non-hydrogen) atoms. The number of urea groups is 1. The van der Waals surface area contributed by atoms with Crippen LogP contribution in [0.3, 0.4) is 0 Å². The van der Waals surface area contributed by atoms with Crippen LogP contribution in [-0.4, -0.2) is 29.4 Å². The van der Waals surface area contributed by atoms with Gasteiger partial charge in [-0.3, -0.25) is 9.69 Å². The molecule has 84 valence electrons. The highest BCUT2D eigenvalue weighted by Gasteiger charge is 2.43. The van der Waals surface area contributed by atoms with Crippen LogP contribution in [0.15, 0.2) is 0 Å². The standard InChI is InChI=1S/C11H18N2O2/c1-11(2)6-4-3-5-8(11)13-9(14)7-12-10(13)15/h8H,3-7H2,1-2H3,(H,12,15). The van der Waals surface area contributed by atoms with Crippen LogP contribution in [0.2, 0.25) is 0 Å². The molecule has 4 heteroatoms. The zero-order chi connectivity index (χ0) is 11.1. The van der Waals surface area contributed by atoms with Crippen LogP contribution in [-0.2, 0) is 4.79 Å². The lowest BCUT2D eigenvalue weighted by atomic mass is 9.72. The molecule has 1 saturated heterocycles. The lowest BCUT2D eigenvalue weighted by Crippen LogP contribution is -2.50. The summed E-state index contributed by atoms with van der Waals surface area (Å²) in [6.07, 6.45) is 4.36. The molecule has 0 aromatic rings. The quantitative estimate of drug-likeness (QED) is 0.667. The SMILES string of the molecule is CC1(C)CCCCC1N1C(=O)CNC1=O. The van der Waals surface area contributed by atoms with Crippen molar-refractivity contribution in [1.29, 1.82) is 0 Å². The number of nitrogens with zero attached hydrogens (tertiary/aromatic N) is 1. The molecule has 0 aromatic carbocycles. The summed E-state index contributed by atoms with van der Waals surface area (Å²) in [5, 5.41) is 2.59. The Morgan fingerprint density at radius 1 is 1.33 bits per heavy atom. The summed E-state index contributed by atoms with van der Waals surface area (Å²) >= 11 is 0. The molecule has 0 spiro atoms. The first-order valence-corrected chi connectivity index (χ1v) is 5.62. The van der Waals surface area contributed by atoms with E-state index in [4.69, 9.17) is 0 Å². The van der Waals surface area contributed by atoms with Gasteiger partial charge in [-0.1, -0.05) is 26.7 Å². The maximum absolute atomic E-state index is 11.6. The highest BCUT2D eigenvalue weighted by atomic mass is 16.2. The molecular weight excluding hydrogens is 192 g/mol. The Kier molecular flexibility index (Phi) is 2.44. The second-order valence-electron chi connectivity index (χ2n) is 5.17. The molecule has 1 aliphatic heterocycles. The second-order valence-corrected chi connectivity index (χ2v) is 5.17. The first kappa shape index (κ1) is 10.5. The van der Waals surface area contributed by atoms with E-state index in [-0.39, 0.29) is 29.9 Å². The van der Waals surface area contributed by atoms with Gasteiger partial charge < -0.3 is 5.32 Å². The molecule has 0 bridgehead atoms. The van der Waals surface area contributed by atoms with Crippen LogP contribution in [0.5, 0.6) is 0 Å². The van der Waals surface area contributed by atoms with E-state index >= 15 is 0 Å². The first-order valence-electron chi connectivity index (χ1n) is 5.62. The first-order chi connectivity index (χ1) is 7.02. The number of nitrogens with one attached hydrogen (secondary N) is 1. The van der Waals surface area contributed by atoms with Gasteiger partial charge in [-0.25, -0.2) is 4.79 Å². The Hall–Kier alpha value is -1.06. The number of imide groups is 1. The zero-order valence-electron chi connectivity index (χ0n) is 9.38. The van der Waals surface area contributed by atoms with E-state index in [1.165, 1.54) is 11.3 Å². The molecule has 1 atom stereocenters. The summed E-state index contributed by atoms with van der Waals surface area (Å²) in [5.74, 6) is -0.0695. The summed E-state index contributed by atoms with van der Waals surface area (Å²) in [7, 11) is 0. The Labute approximate surface area is 90.0 Å². The predicted octanol–water partition coefficient (Wildman–Crippen LogP) is 1.51. The molecule has 2 fully saturated rings. The van der Waals surface area contributed by atoms with Crippen molar-refractivity contribution in [3.63, 3.8) is 0 Å². The van der Waals surface area contributed by atoms with Crippen molar-refractivity contribution in [3.8, 4) is 0 Å². The van der Waals surface area contributed by atoms with E-state index < -0.39 is 0 Å². The van der Waals surface area contributed by atoms with Crippen molar-refractivity contribution in [2.75, 3.05) is 6.54 Å². The highest BCUT2D eigenvalue weighted by molar-refractivity contribution is 6.02. The average molecular weight is 210 g/mol. The molecule has 2 rings (SSSR count). The lowest BCUT2D eigenvalue weighted by Gasteiger charge is -2.42. The topological polar surface area (TPSA) is 49.4 Å². The maximum Gasteiger partial charge on any atom is 0.324 e. The van der Waals surface area contributed by atoms with Crippen LogP contribution in [0.25, 0.3) is 0 Å². The molecule has 2 aliphatic rings. The summed E-state index contributed by atoms with van der Waals surface area (Å²) in [4.78, 5) is 24.6. The van der Waals surface area contributed by atoms with E-state index in [9.17, 15) is 9.59 Å². The van der Waals surface area contributed by atoms with Crippen molar-refractivity contribution < 1.29 is 9.59 Å². The van der Waals surface area contributed by atoms with E-state index in [1.54, 1.807) is 0 Å². The van der Waals surface area contributed by atoms with Crippen molar-refractivity contribution >= 4 is 11.9 Å². The summed E-state index contributed by atoms with van der Waals surface area (Å²) in [6.45, 7) is 4.47. The number of hydrogen-bond donors (Lipinski definition) is 1. The van der Waals surface area contributed by atoms with Gasteiger partial charge in [0.1, 0.15) is 0 Å². The third kappa shape index (κ3) is 1.73. The van der Waals surface area contributed by atoms with E-state index in [2.05, 4.69) is 19.2 Å². The van der Waals surface area contributed by atoms with Crippen LogP contribution >= 0.6 is 0 Å². The lowest BCUT2D eigenvalue weighted by molar-refractivity contribution is -0.129. The van der Waals surface area contributed by atoms with Gasteiger partial charge in [0.15, 0.2) is 0 Å². The van der Waals surface area contributed by atoms with Gasteiger partial charge in [0.25, 0.3) is 0 Å². The smallest absolute Gasteiger partial charge is 0.324 e. The third-order valence-electron chi connectivity index (χ3n) is 3.64. The van der Waals surface area contributed by atoms with Crippen LogP contribution in [0, 0.1) is 5.41 Å².